The highest BCUT2D eigenvalue weighted by atomic mass is 19.4. The van der Waals surface area contributed by atoms with Crippen molar-refractivity contribution >= 4 is 6.03 Å². The summed E-state index contributed by atoms with van der Waals surface area (Å²) in [6.07, 6.45) is -1.28. The van der Waals surface area contributed by atoms with E-state index in [0.29, 0.717) is 0 Å². The molecule has 2 aliphatic rings. The average molecular weight is 337 g/mol. The molecule has 0 aromatic carbocycles. The molecule has 1 aliphatic heterocycles. The number of hydrogen-bond acceptors (Lipinski definition) is 3. The summed E-state index contributed by atoms with van der Waals surface area (Å²) in [5, 5.41) is 11.8. The third-order valence-corrected chi connectivity index (χ3v) is 4.76. The number of rotatable bonds is 5. The number of carbonyl (C=O) groups is 1. The van der Waals surface area contributed by atoms with Crippen molar-refractivity contribution in [1.82, 2.24) is 15.1 Å². The Morgan fingerprint density at radius 2 is 2.00 bits per heavy atom. The highest BCUT2D eigenvalue weighted by Gasteiger charge is 2.39. The standard InChI is InChI=1S/C15H26F3N3O2/c1-20(10-13(22)15(16,17)18)14(23)19-12-6-7-21(9-12)8-11-4-2-3-5-11/h11-13,22H,2-10H2,1H3,(H,19,23)/t12-,13-/m1/s1. The number of carbonyl (C=O) groups excluding carboxylic acids is 1. The van der Waals surface area contributed by atoms with Gasteiger partial charge in [0.1, 0.15) is 0 Å². The maximum absolute atomic E-state index is 12.3. The predicted octanol–water partition coefficient (Wildman–Crippen LogP) is 1.82. The fourth-order valence-electron chi connectivity index (χ4n) is 3.41. The smallest absolute Gasteiger partial charge is 0.382 e. The van der Waals surface area contributed by atoms with E-state index in [9.17, 15) is 18.0 Å². The highest BCUT2D eigenvalue weighted by Crippen LogP contribution is 2.26. The Hall–Kier alpha value is -1.02. The lowest BCUT2D eigenvalue weighted by atomic mass is 10.1. The van der Waals surface area contributed by atoms with Gasteiger partial charge in [-0.15, -0.1) is 0 Å². The van der Waals surface area contributed by atoms with Crippen molar-refractivity contribution in [2.24, 2.45) is 5.92 Å². The van der Waals surface area contributed by atoms with Crippen LogP contribution < -0.4 is 5.32 Å². The van der Waals surface area contributed by atoms with Crippen LogP contribution in [0.3, 0.4) is 0 Å². The van der Waals surface area contributed by atoms with Gasteiger partial charge < -0.3 is 20.2 Å². The molecule has 8 heteroatoms. The van der Waals surface area contributed by atoms with Gasteiger partial charge in [-0.05, 0) is 25.2 Å². The summed E-state index contributed by atoms with van der Waals surface area (Å²) < 4.78 is 36.9. The van der Waals surface area contributed by atoms with E-state index in [2.05, 4.69) is 10.2 Å². The van der Waals surface area contributed by atoms with Crippen LogP contribution in [0.15, 0.2) is 0 Å². The van der Waals surface area contributed by atoms with Crippen LogP contribution in [-0.2, 0) is 0 Å². The predicted molar refractivity (Wildman–Crippen MR) is 80.0 cm³/mol. The Kier molecular flexibility index (Phi) is 6.13. The van der Waals surface area contributed by atoms with Gasteiger partial charge in [-0.2, -0.15) is 13.2 Å². The van der Waals surface area contributed by atoms with Crippen molar-refractivity contribution in [3.05, 3.63) is 0 Å². The topological polar surface area (TPSA) is 55.8 Å². The summed E-state index contributed by atoms with van der Waals surface area (Å²) in [4.78, 5) is 15.1. The van der Waals surface area contributed by atoms with Gasteiger partial charge in [0.25, 0.3) is 0 Å². The van der Waals surface area contributed by atoms with Gasteiger partial charge >= 0.3 is 12.2 Å². The molecule has 2 atom stereocenters. The average Bonchev–Trinajstić information content (AvgIpc) is 3.10. The molecule has 2 N–H and O–H groups in total. The van der Waals surface area contributed by atoms with Crippen molar-refractivity contribution in [3.63, 3.8) is 0 Å². The van der Waals surface area contributed by atoms with E-state index in [4.69, 9.17) is 5.11 Å². The van der Waals surface area contributed by atoms with Gasteiger partial charge in [0.2, 0.25) is 0 Å². The fourth-order valence-corrected chi connectivity index (χ4v) is 3.41. The minimum absolute atomic E-state index is 0.0330. The van der Waals surface area contributed by atoms with E-state index < -0.39 is 24.9 Å². The molecule has 1 saturated heterocycles. The number of nitrogens with zero attached hydrogens (tertiary/aromatic N) is 2. The zero-order chi connectivity index (χ0) is 17.0. The molecule has 1 saturated carbocycles. The Morgan fingerprint density at radius 1 is 1.35 bits per heavy atom. The van der Waals surface area contributed by atoms with Gasteiger partial charge in [-0.25, -0.2) is 4.79 Å². The van der Waals surface area contributed by atoms with E-state index in [1.807, 2.05) is 0 Å². The first-order valence-corrected chi connectivity index (χ1v) is 8.24. The number of likely N-dealkylation sites (N-methyl/N-ethyl adjacent to an activating group) is 1. The summed E-state index contributed by atoms with van der Waals surface area (Å²) in [5.41, 5.74) is 0. The quantitative estimate of drug-likeness (QED) is 0.805. The first kappa shape index (κ1) is 18.3. The van der Waals surface area contributed by atoms with Gasteiger partial charge in [-0.3, -0.25) is 0 Å². The van der Waals surface area contributed by atoms with Crippen LogP contribution in [0.2, 0.25) is 0 Å². The molecule has 0 radical (unpaired) electrons. The van der Waals surface area contributed by atoms with Crippen LogP contribution in [0.4, 0.5) is 18.0 Å². The lowest BCUT2D eigenvalue weighted by molar-refractivity contribution is -0.205. The molecule has 2 fully saturated rings. The maximum Gasteiger partial charge on any atom is 0.416 e. The lowest BCUT2D eigenvalue weighted by Crippen LogP contribution is -2.48. The number of alkyl halides is 3. The van der Waals surface area contributed by atoms with Crippen LogP contribution in [0, 0.1) is 5.92 Å². The first-order valence-electron chi connectivity index (χ1n) is 8.24. The molecular formula is C15H26F3N3O2. The van der Waals surface area contributed by atoms with Crippen molar-refractivity contribution in [1.29, 1.82) is 0 Å². The number of aliphatic hydroxyl groups excluding tert-OH is 1. The van der Waals surface area contributed by atoms with E-state index in [-0.39, 0.29) is 6.04 Å². The Morgan fingerprint density at radius 3 is 2.61 bits per heavy atom. The molecule has 2 rings (SSSR count). The largest absolute Gasteiger partial charge is 0.416 e. The number of nitrogens with one attached hydrogen (secondary N) is 1. The van der Waals surface area contributed by atoms with E-state index in [1.54, 1.807) is 0 Å². The van der Waals surface area contributed by atoms with Crippen molar-refractivity contribution in [2.45, 2.75) is 50.4 Å². The summed E-state index contributed by atoms with van der Waals surface area (Å²) in [7, 11) is 1.26. The van der Waals surface area contributed by atoms with Gasteiger partial charge in [0.15, 0.2) is 6.10 Å². The second kappa shape index (κ2) is 7.70. The Labute approximate surface area is 134 Å². The number of amides is 2. The van der Waals surface area contributed by atoms with Crippen molar-refractivity contribution in [3.8, 4) is 0 Å². The molecule has 0 unspecified atom stereocenters. The van der Waals surface area contributed by atoms with Crippen LogP contribution in [0.1, 0.15) is 32.1 Å². The van der Waals surface area contributed by atoms with Crippen LogP contribution in [0.25, 0.3) is 0 Å². The SMILES string of the molecule is CN(C[C@@H](O)C(F)(F)F)C(=O)N[C@@H]1CCN(CC2CCCC2)C1. The molecule has 1 aliphatic carbocycles. The third-order valence-electron chi connectivity index (χ3n) is 4.76. The molecule has 0 bridgehead atoms. The Balaban J connectivity index is 1.71. The van der Waals surface area contributed by atoms with Gasteiger partial charge in [0.05, 0.1) is 6.54 Å². The van der Waals surface area contributed by atoms with Crippen LogP contribution in [0.5, 0.6) is 0 Å². The molecule has 23 heavy (non-hydrogen) atoms. The molecule has 134 valence electrons. The zero-order valence-corrected chi connectivity index (χ0v) is 13.5. The summed E-state index contributed by atoms with van der Waals surface area (Å²) >= 11 is 0. The van der Waals surface area contributed by atoms with E-state index >= 15 is 0 Å². The molecular weight excluding hydrogens is 311 g/mol. The number of halogens is 3. The molecule has 0 aromatic rings. The van der Waals surface area contributed by atoms with Crippen molar-refractivity contribution in [2.75, 3.05) is 33.2 Å². The van der Waals surface area contributed by atoms with Crippen LogP contribution >= 0.6 is 0 Å². The molecule has 2 amide bonds. The van der Waals surface area contributed by atoms with Gasteiger partial charge in [0, 0.05) is 32.7 Å². The first-order chi connectivity index (χ1) is 10.8. The minimum atomic E-state index is -4.71. The number of likely N-dealkylation sites (tertiary alicyclic amines) is 1. The maximum atomic E-state index is 12.3. The van der Waals surface area contributed by atoms with E-state index in [0.717, 1.165) is 36.9 Å². The number of aliphatic hydroxyl groups is 1. The van der Waals surface area contributed by atoms with Crippen LogP contribution in [-0.4, -0.2) is 72.5 Å². The second-order valence-corrected chi connectivity index (χ2v) is 6.78. The molecule has 1 heterocycles. The molecule has 0 aromatic heterocycles. The van der Waals surface area contributed by atoms with Crippen molar-refractivity contribution < 1.29 is 23.1 Å². The molecule has 0 spiro atoms. The summed E-state index contributed by atoms with van der Waals surface area (Å²) in [6, 6.07) is -0.601. The zero-order valence-electron chi connectivity index (χ0n) is 13.5. The normalized spacial score (nSPS) is 24.8. The molecule has 5 nitrogen and oxygen atoms in total. The number of hydrogen-bond donors (Lipinski definition) is 2. The summed E-state index contributed by atoms with van der Waals surface area (Å²) in [6.45, 7) is 1.96. The summed E-state index contributed by atoms with van der Waals surface area (Å²) in [5.74, 6) is 0.744. The fraction of sp³-hybridized carbons (Fsp3) is 0.933. The van der Waals surface area contributed by atoms with E-state index in [1.165, 1.54) is 32.7 Å². The minimum Gasteiger partial charge on any atom is -0.382 e. The second-order valence-electron chi connectivity index (χ2n) is 6.78. The number of urea groups is 1. The highest BCUT2D eigenvalue weighted by molar-refractivity contribution is 5.74. The lowest BCUT2D eigenvalue weighted by Gasteiger charge is -2.25. The van der Waals surface area contributed by atoms with Gasteiger partial charge in [-0.1, -0.05) is 12.8 Å². The monoisotopic (exact) mass is 337 g/mol. The Bertz CT molecular complexity index is 400. The third kappa shape index (κ3) is 5.53.